The topological polar surface area (TPSA) is 74.1 Å². The number of benzene rings is 1. The number of nitrogens with zero attached hydrogens (tertiary/aromatic N) is 4. The fraction of sp³-hybridized carbons (Fsp3) is 0.312. The van der Waals surface area contributed by atoms with Crippen molar-refractivity contribution in [3.8, 4) is 11.7 Å². The smallest absolute Gasteiger partial charge is 0.237 e. The highest BCUT2D eigenvalue weighted by Gasteiger charge is 2.11. The first kappa shape index (κ1) is 21.0. The normalized spacial score (nSPS) is 10.0. The Bertz CT molecular complexity index is 825. The monoisotopic (exact) mass is 385 g/mol. The van der Waals surface area contributed by atoms with E-state index in [0.29, 0.717) is 19.1 Å². The number of imidazole rings is 1. The van der Waals surface area contributed by atoms with Crippen LogP contribution in [0.25, 0.3) is 16.9 Å². The number of aromatic nitrogens is 4. The first-order valence-electron chi connectivity index (χ1n) is 7.32. The van der Waals surface area contributed by atoms with Gasteiger partial charge in [0.05, 0.1) is 19.2 Å². The van der Waals surface area contributed by atoms with E-state index in [4.69, 9.17) is 9.47 Å². The molecule has 0 spiro atoms. The van der Waals surface area contributed by atoms with Gasteiger partial charge in [-0.1, -0.05) is 0 Å². The zero-order valence-corrected chi connectivity index (χ0v) is 15.9. The summed E-state index contributed by atoms with van der Waals surface area (Å²) < 4.78 is 12.2. The molecule has 0 bridgehead atoms. The number of rotatable bonds is 6. The molecule has 0 saturated heterocycles. The van der Waals surface area contributed by atoms with Gasteiger partial charge in [0.2, 0.25) is 5.95 Å². The quantitative estimate of drug-likeness (QED) is 0.657. The molecule has 0 aliphatic carbocycles. The maximum Gasteiger partial charge on any atom is 0.237 e. The number of halogens is 2. The van der Waals surface area contributed by atoms with Crippen LogP contribution < -0.4 is 10.1 Å². The maximum atomic E-state index is 5.30. The summed E-state index contributed by atoms with van der Waals surface area (Å²) in [5.41, 5.74) is 0.837. The number of methoxy groups -OCH3 is 2. The minimum absolute atomic E-state index is 0. The van der Waals surface area contributed by atoms with Crippen LogP contribution in [0.1, 0.15) is 5.82 Å². The third-order valence-corrected chi connectivity index (χ3v) is 3.53. The van der Waals surface area contributed by atoms with E-state index in [2.05, 4.69) is 20.3 Å². The SMILES string of the molecule is COCCNc1nc(-n2ccnc2C)nc2ccc(OC)cc12.Cl.Cl. The van der Waals surface area contributed by atoms with Crippen LogP contribution in [-0.4, -0.2) is 46.9 Å². The summed E-state index contributed by atoms with van der Waals surface area (Å²) in [6, 6.07) is 5.74. The van der Waals surface area contributed by atoms with Crippen LogP contribution >= 0.6 is 24.8 Å². The van der Waals surface area contributed by atoms with Crippen LogP contribution in [0.2, 0.25) is 0 Å². The molecule has 136 valence electrons. The van der Waals surface area contributed by atoms with Crippen LogP contribution in [0.4, 0.5) is 5.82 Å². The Morgan fingerprint density at radius 2 is 1.96 bits per heavy atom. The van der Waals surface area contributed by atoms with Crippen molar-refractivity contribution < 1.29 is 9.47 Å². The van der Waals surface area contributed by atoms with E-state index >= 15 is 0 Å². The van der Waals surface area contributed by atoms with E-state index in [0.717, 1.165) is 28.3 Å². The van der Waals surface area contributed by atoms with Gasteiger partial charge in [0.1, 0.15) is 17.4 Å². The first-order chi connectivity index (χ1) is 11.2. The standard InChI is InChI=1S/C16H19N5O2.2ClH/c1-11-17-6-8-21(11)16-19-14-5-4-12(23-3)10-13(14)15(20-16)18-7-9-22-2;;/h4-6,8,10H,7,9H2,1-3H3,(H,18,19,20);2*1H. The minimum Gasteiger partial charge on any atom is -0.497 e. The lowest BCUT2D eigenvalue weighted by atomic mass is 10.2. The predicted molar refractivity (Wildman–Crippen MR) is 103 cm³/mol. The number of hydrogen-bond donors (Lipinski definition) is 1. The summed E-state index contributed by atoms with van der Waals surface area (Å²) in [4.78, 5) is 13.5. The molecule has 0 amide bonds. The summed E-state index contributed by atoms with van der Waals surface area (Å²) >= 11 is 0. The first-order valence-corrected chi connectivity index (χ1v) is 7.32. The molecule has 1 N–H and O–H groups in total. The Hall–Kier alpha value is -2.09. The zero-order chi connectivity index (χ0) is 16.2. The Morgan fingerprint density at radius 1 is 1.16 bits per heavy atom. The molecule has 0 aliphatic heterocycles. The average molecular weight is 386 g/mol. The van der Waals surface area contributed by atoms with Gasteiger partial charge in [-0.25, -0.2) is 9.97 Å². The van der Waals surface area contributed by atoms with Crippen molar-refractivity contribution in [3.63, 3.8) is 0 Å². The van der Waals surface area contributed by atoms with Crippen LogP contribution in [-0.2, 0) is 4.74 Å². The summed E-state index contributed by atoms with van der Waals surface area (Å²) in [6.45, 7) is 3.16. The molecular formula is C16H21Cl2N5O2. The lowest BCUT2D eigenvalue weighted by Crippen LogP contribution is -2.12. The molecule has 1 aromatic carbocycles. The van der Waals surface area contributed by atoms with Crippen molar-refractivity contribution in [2.45, 2.75) is 6.92 Å². The van der Waals surface area contributed by atoms with Gasteiger partial charge < -0.3 is 14.8 Å². The Morgan fingerprint density at radius 3 is 2.60 bits per heavy atom. The molecular weight excluding hydrogens is 365 g/mol. The molecule has 0 radical (unpaired) electrons. The lowest BCUT2D eigenvalue weighted by molar-refractivity contribution is 0.210. The molecule has 3 rings (SSSR count). The van der Waals surface area contributed by atoms with Crippen molar-refractivity contribution in [3.05, 3.63) is 36.4 Å². The van der Waals surface area contributed by atoms with E-state index < -0.39 is 0 Å². The summed E-state index contributed by atoms with van der Waals surface area (Å²) in [6.07, 6.45) is 3.58. The average Bonchev–Trinajstić information content (AvgIpc) is 3.00. The summed E-state index contributed by atoms with van der Waals surface area (Å²) in [7, 11) is 3.31. The molecule has 9 heteroatoms. The van der Waals surface area contributed by atoms with Gasteiger partial charge in [-0.15, -0.1) is 24.8 Å². The largest absolute Gasteiger partial charge is 0.497 e. The number of ether oxygens (including phenoxy) is 2. The number of anilines is 1. The zero-order valence-electron chi connectivity index (χ0n) is 14.2. The van der Waals surface area contributed by atoms with Crippen molar-refractivity contribution in [2.24, 2.45) is 0 Å². The van der Waals surface area contributed by atoms with E-state index in [9.17, 15) is 0 Å². The van der Waals surface area contributed by atoms with Crippen molar-refractivity contribution >= 4 is 41.5 Å². The molecule has 2 aromatic heterocycles. The maximum absolute atomic E-state index is 5.30. The Kier molecular flexibility index (Phi) is 7.89. The predicted octanol–water partition coefficient (Wildman–Crippen LogP) is 3.03. The van der Waals surface area contributed by atoms with Gasteiger partial charge in [0.25, 0.3) is 0 Å². The van der Waals surface area contributed by atoms with E-state index in [1.165, 1.54) is 0 Å². The fourth-order valence-corrected chi connectivity index (χ4v) is 2.33. The van der Waals surface area contributed by atoms with Gasteiger partial charge in [-0.05, 0) is 25.1 Å². The van der Waals surface area contributed by atoms with E-state index in [1.54, 1.807) is 20.4 Å². The molecule has 0 fully saturated rings. The van der Waals surface area contributed by atoms with Gasteiger partial charge in [-0.2, -0.15) is 4.98 Å². The number of aryl methyl sites for hydroxylation is 1. The molecule has 0 atom stereocenters. The molecule has 0 aliphatic rings. The van der Waals surface area contributed by atoms with Crippen molar-refractivity contribution in [2.75, 3.05) is 32.7 Å². The molecule has 7 nitrogen and oxygen atoms in total. The third-order valence-electron chi connectivity index (χ3n) is 3.53. The second-order valence-electron chi connectivity index (χ2n) is 5.02. The fourth-order valence-electron chi connectivity index (χ4n) is 2.33. The Balaban J connectivity index is 0.00000156. The molecule has 0 saturated carbocycles. The highest BCUT2D eigenvalue weighted by Crippen LogP contribution is 2.26. The second-order valence-corrected chi connectivity index (χ2v) is 5.02. The van der Waals surface area contributed by atoms with Crippen LogP contribution in [0.15, 0.2) is 30.6 Å². The lowest BCUT2D eigenvalue weighted by Gasteiger charge is -2.12. The van der Waals surface area contributed by atoms with Gasteiger partial charge in [0.15, 0.2) is 0 Å². The Labute approximate surface area is 158 Å². The number of fused-ring (bicyclic) bond motifs is 1. The summed E-state index contributed by atoms with van der Waals surface area (Å²) in [5.74, 6) is 2.93. The molecule has 0 unspecified atom stereocenters. The van der Waals surface area contributed by atoms with Crippen LogP contribution in [0.3, 0.4) is 0 Å². The van der Waals surface area contributed by atoms with Crippen molar-refractivity contribution in [1.29, 1.82) is 0 Å². The third kappa shape index (κ3) is 4.50. The van der Waals surface area contributed by atoms with Crippen LogP contribution in [0.5, 0.6) is 5.75 Å². The number of nitrogens with one attached hydrogen (secondary N) is 1. The minimum atomic E-state index is 0. The molecule has 2 heterocycles. The van der Waals surface area contributed by atoms with Gasteiger partial charge in [-0.3, -0.25) is 4.57 Å². The van der Waals surface area contributed by atoms with E-state index in [-0.39, 0.29) is 24.8 Å². The number of hydrogen-bond acceptors (Lipinski definition) is 6. The van der Waals surface area contributed by atoms with E-state index in [1.807, 2.05) is 35.9 Å². The van der Waals surface area contributed by atoms with Gasteiger partial charge >= 0.3 is 0 Å². The second kappa shape index (κ2) is 9.41. The van der Waals surface area contributed by atoms with Crippen LogP contribution in [0, 0.1) is 6.92 Å². The highest BCUT2D eigenvalue weighted by atomic mass is 35.5. The van der Waals surface area contributed by atoms with Gasteiger partial charge in [0, 0.05) is 31.4 Å². The molecule has 25 heavy (non-hydrogen) atoms. The highest BCUT2D eigenvalue weighted by molar-refractivity contribution is 5.90. The summed E-state index contributed by atoms with van der Waals surface area (Å²) in [5, 5.41) is 4.20. The van der Waals surface area contributed by atoms with Crippen molar-refractivity contribution in [1.82, 2.24) is 19.5 Å². The molecule has 3 aromatic rings.